The first kappa shape index (κ1) is 20.9. The zero-order chi connectivity index (χ0) is 14.5. The molecule has 0 amide bonds. The molecule has 3 atom stereocenters. The molecule has 7 heteroatoms. The zero-order valence-electron chi connectivity index (χ0n) is 11.4. The average molecular weight is 453 g/mol. The molecule has 0 spiro atoms. The molecule has 0 bridgehead atoms. The van der Waals surface area contributed by atoms with E-state index in [2.05, 4.69) is 20.8 Å². The van der Waals surface area contributed by atoms with Gasteiger partial charge in [-0.1, -0.05) is 40.0 Å². The molecule has 0 radical (unpaired) electrons. The molecule has 114 valence electrons. The Labute approximate surface area is 128 Å². The number of carboxylic acid groups (broad SMARTS) is 2. The smallest absolute Gasteiger partial charge is 0.676 e. The van der Waals surface area contributed by atoms with E-state index in [9.17, 15) is 0 Å². The molecule has 19 heavy (non-hydrogen) atoms. The summed E-state index contributed by atoms with van der Waals surface area (Å²) in [5.41, 5.74) is 15.6. The SMILES string of the molecule is CC(C)(C)C1CCC([NH-])C([NH-])C1.O=C(O)C(=O)O.[Pt+2]. The summed E-state index contributed by atoms with van der Waals surface area (Å²) in [5, 5.41) is 14.8. The molecule has 6 nitrogen and oxygen atoms in total. The van der Waals surface area contributed by atoms with Crippen LogP contribution in [0.1, 0.15) is 40.0 Å². The quantitative estimate of drug-likeness (QED) is 0.548. The van der Waals surface area contributed by atoms with Crippen molar-refractivity contribution in [1.82, 2.24) is 0 Å². The van der Waals surface area contributed by atoms with E-state index >= 15 is 0 Å². The van der Waals surface area contributed by atoms with Crippen molar-refractivity contribution in [3.8, 4) is 0 Å². The summed E-state index contributed by atoms with van der Waals surface area (Å²) in [5.74, 6) is -2.99. The average Bonchev–Trinajstić information content (AvgIpc) is 2.21. The van der Waals surface area contributed by atoms with Gasteiger partial charge in [-0.05, 0) is 11.3 Å². The van der Waals surface area contributed by atoms with Crippen LogP contribution in [0.3, 0.4) is 0 Å². The van der Waals surface area contributed by atoms with Gasteiger partial charge in [-0.3, -0.25) is 0 Å². The molecule has 3 unspecified atom stereocenters. The van der Waals surface area contributed by atoms with E-state index in [0.29, 0.717) is 11.3 Å². The Morgan fingerprint density at radius 1 is 1.00 bits per heavy atom. The van der Waals surface area contributed by atoms with Gasteiger partial charge in [0.25, 0.3) is 0 Å². The fraction of sp³-hybridized carbons (Fsp3) is 0.833. The summed E-state index contributed by atoms with van der Waals surface area (Å²) in [7, 11) is 0. The summed E-state index contributed by atoms with van der Waals surface area (Å²) in [6.07, 6.45) is 3.00. The number of nitrogens with one attached hydrogen (secondary N) is 2. The van der Waals surface area contributed by atoms with Crippen LogP contribution in [-0.2, 0) is 30.7 Å². The molecule has 0 aromatic rings. The fourth-order valence-corrected chi connectivity index (χ4v) is 1.96. The van der Waals surface area contributed by atoms with Gasteiger partial charge < -0.3 is 21.7 Å². The Bertz CT molecular complexity index is 293. The molecule has 0 saturated heterocycles. The van der Waals surface area contributed by atoms with E-state index in [0.717, 1.165) is 19.3 Å². The summed E-state index contributed by atoms with van der Waals surface area (Å²) in [6, 6.07) is -0.258. The summed E-state index contributed by atoms with van der Waals surface area (Å²) in [6.45, 7) is 6.73. The van der Waals surface area contributed by atoms with Crippen LogP contribution in [0.4, 0.5) is 0 Å². The third-order valence-corrected chi connectivity index (χ3v) is 3.26. The molecule has 0 aliphatic heterocycles. The molecular weight excluding hydrogens is 431 g/mol. The van der Waals surface area contributed by atoms with Crippen molar-refractivity contribution in [3.63, 3.8) is 0 Å². The summed E-state index contributed by atoms with van der Waals surface area (Å²) in [4.78, 5) is 18.2. The third-order valence-electron chi connectivity index (χ3n) is 3.26. The zero-order valence-corrected chi connectivity index (χ0v) is 13.7. The maximum atomic E-state index is 9.10. The second-order valence-electron chi connectivity index (χ2n) is 5.70. The Hall–Kier alpha value is -0.452. The van der Waals surface area contributed by atoms with Crippen molar-refractivity contribution in [2.75, 3.05) is 0 Å². The van der Waals surface area contributed by atoms with Gasteiger partial charge in [-0.15, -0.1) is 0 Å². The second kappa shape index (κ2) is 8.67. The minimum Gasteiger partial charge on any atom is -0.676 e. The number of aliphatic carboxylic acids is 2. The molecule has 1 rings (SSSR count). The van der Waals surface area contributed by atoms with Crippen molar-refractivity contribution in [3.05, 3.63) is 11.5 Å². The number of carbonyl (C=O) groups is 2. The van der Waals surface area contributed by atoms with E-state index in [1.165, 1.54) is 0 Å². The topological polar surface area (TPSA) is 122 Å². The molecule has 1 aliphatic rings. The van der Waals surface area contributed by atoms with Gasteiger partial charge in [0.05, 0.1) is 0 Å². The van der Waals surface area contributed by atoms with Crippen molar-refractivity contribution < 1.29 is 40.9 Å². The van der Waals surface area contributed by atoms with Crippen molar-refractivity contribution in [1.29, 1.82) is 0 Å². The standard InChI is InChI=1S/C10H20N2.C2H2O4.Pt/c1-10(2,3)7-4-5-8(11)9(12)6-7;3-1(4)2(5)6;/h7-9,11-12H,4-6H2,1-3H3;(H,3,4)(H,5,6);/q-2;;+2. The predicted octanol–water partition coefficient (Wildman–Crippen LogP) is 2.83. The first-order valence-electron chi connectivity index (χ1n) is 5.94. The van der Waals surface area contributed by atoms with E-state index in [1.54, 1.807) is 0 Å². The number of hydrogen-bond acceptors (Lipinski definition) is 2. The summed E-state index contributed by atoms with van der Waals surface area (Å²) >= 11 is 0. The largest absolute Gasteiger partial charge is 2.00 e. The normalized spacial score (nSPS) is 26.5. The molecule has 0 aromatic carbocycles. The van der Waals surface area contributed by atoms with Crippen LogP contribution < -0.4 is 0 Å². The van der Waals surface area contributed by atoms with Gasteiger partial charge in [-0.25, -0.2) is 9.59 Å². The van der Waals surface area contributed by atoms with Crippen LogP contribution in [0.2, 0.25) is 0 Å². The monoisotopic (exact) mass is 453 g/mol. The minimum absolute atomic E-state index is 0. The van der Waals surface area contributed by atoms with Gasteiger partial charge in [-0.2, -0.15) is 12.1 Å². The van der Waals surface area contributed by atoms with Crippen molar-refractivity contribution in [2.45, 2.75) is 52.1 Å². The van der Waals surface area contributed by atoms with E-state index in [4.69, 9.17) is 31.3 Å². The van der Waals surface area contributed by atoms with Crippen LogP contribution in [0.25, 0.3) is 11.5 Å². The van der Waals surface area contributed by atoms with Crippen LogP contribution in [0.5, 0.6) is 0 Å². The van der Waals surface area contributed by atoms with Gasteiger partial charge >= 0.3 is 33.0 Å². The predicted molar refractivity (Wildman–Crippen MR) is 68.3 cm³/mol. The molecule has 1 fully saturated rings. The molecular formula is C12H22N2O4Pt. The first-order valence-corrected chi connectivity index (χ1v) is 5.94. The fourth-order valence-electron chi connectivity index (χ4n) is 1.96. The van der Waals surface area contributed by atoms with E-state index in [1.807, 2.05) is 0 Å². The van der Waals surface area contributed by atoms with E-state index in [-0.39, 0.29) is 33.1 Å². The number of carboxylic acids is 2. The Kier molecular flexibility index (Phi) is 9.51. The number of rotatable bonds is 0. The van der Waals surface area contributed by atoms with Crippen LogP contribution in [-0.4, -0.2) is 34.2 Å². The molecule has 0 aromatic heterocycles. The van der Waals surface area contributed by atoms with Crippen molar-refractivity contribution >= 4 is 11.9 Å². The molecule has 1 saturated carbocycles. The summed E-state index contributed by atoms with van der Waals surface area (Å²) < 4.78 is 0. The Morgan fingerprint density at radius 2 is 1.42 bits per heavy atom. The maximum Gasteiger partial charge on any atom is 2.00 e. The van der Waals surface area contributed by atoms with Crippen LogP contribution in [0, 0.1) is 11.3 Å². The Balaban J connectivity index is 0. The van der Waals surface area contributed by atoms with E-state index < -0.39 is 11.9 Å². The minimum atomic E-state index is -1.82. The van der Waals surface area contributed by atoms with Gasteiger partial charge in [0.1, 0.15) is 0 Å². The molecule has 1 aliphatic carbocycles. The van der Waals surface area contributed by atoms with Gasteiger partial charge in [0.15, 0.2) is 0 Å². The maximum absolute atomic E-state index is 9.10. The molecule has 0 heterocycles. The molecule has 4 N–H and O–H groups in total. The number of hydrogen-bond donors (Lipinski definition) is 2. The second-order valence-corrected chi connectivity index (χ2v) is 5.70. The van der Waals surface area contributed by atoms with Crippen LogP contribution >= 0.6 is 0 Å². The van der Waals surface area contributed by atoms with Gasteiger partial charge in [0, 0.05) is 0 Å². The van der Waals surface area contributed by atoms with Crippen molar-refractivity contribution in [2.24, 2.45) is 11.3 Å². The van der Waals surface area contributed by atoms with Gasteiger partial charge in [0.2, 0.25) is 0 Å². The third kappa shape index (κ3) is 8.34. The first-order chi connectivity index (χ1) is 8.05. The Morgan fingerprint density at radius 3 is 1.68 bits per heavy atom. The van der Waals surface area contributed by atoms with Crippen LogP contribution in [0.15, 0.2) is 0 Å².